The predicted octanol–water partition coefficient (Wildman–Crippen LogP) is 1.27. The second-order valence-corrected chi connectivity index (χ2v) is 7.01. The Morgan fingerprint density at radius 2 is 2.05 bits per heavy atom. The van der Waals surface area contributed by atoms with Crippen LogP contribution in [0, 0.1) is 0 Å². The predicted molar refractivity (Wildman–Crippen MR) is 90.8 cm³/mol. The number of sulfonamides is 1. The van der Waals surface area contributed by atoms with Gasteiger partial charge in [-0.3, -0.25) is 3.97 Å². The summed E-state index contributed by atoms with van der Waals surface area (Å²) in [5.74, 6) is 0. The lowest BCUT2D eigenvalue weighted by Crippen LogP contribution is -2.12. The van der Waals surface area contributed by atoms with Crippen molar-refractivity contribution in [3.8, 4) is 11.3 Å². The van der Waals surface area contributed by atoms with Crippen molar-refractivity contribution in [3.63, 3.8) is 0 Å². The van der Waals surface area contributed by atoms with Gasteiger partial charge in [-0.25, -0.2) is 18.5 Å². The molecule has 0 spiro atoms. The number of primary sulfonamides is 1. The molecule has 0 bridgehead atoms. The van der Waals surface area contributed by atoms with Crippen LogP contribution >= 0.6 is 11.9 Å². The van der Waals surface area contributed by atoms with E-state index in [0.29, 0.717) is 5.46 Å². The lowest BCUT2D eigenvalue weighted by atomic mass is 9.94. The van der Waals surface area contributed by atoms with Crippen LogP contribution < -0.4 is 10.6 Å². The van der Waals surface area contributed by atoms with Crippen molar-refractivity contribution in [2.45, 2.75) is 4.90 Å². The lowest BCUT2D eigenvalue weighted by molar-refractivity contribution is 0.598. The van der Waals surface area contributed by atoms with Crippen LogP contribution in [0.5, 0.6) is 0 Å². The summed E-state index contributed by atoms with van der Waals surface area (Å²) >= 11 is 1.47. The Morgan fingerprint density at radius 3 is 2.73 bits per heavy atom. The van der Waals surface area contributed by atoms with E-state index < -0.39 is 10.0 Å². The zero-order chi connectivity index (χ0) is 15.9. The molecule has 2 aromatic heterocycles. The quantitative estimate of drug-likeness (QED) is 0.734. The Labute approximate surface area is 134 Å². The molecule has 0 aliphatic rings. The van der Waals surface area contributed by atoms with Crippen LogP contribution in [0.4, 0.5) is 0 Å². The Balaban J connectivity index is 2.29. The molecule has 110 valence electrons. The number of aromatic nitrogens is 2. The van der Waals surface area contributed by atoms with Gasteiger partial charge in [0.25, 0.3) is 0 Å². The molecule has 2 heterocycles. The van der Waals surface area contributed by atoms with Crippen molar-refractivity contribution < 1.29 is 8.42 Å². The molecule has 1 aromatic carbocycles. The number of nitrogens with zero attached hydrogens (tertiary/aromatic N) is 2. The van der Waals surface area contributed by atoms with Gasteiger partial charge >= 0.3 is 0 Å². The first-order valence-corrected chi connectivity index (χ1v) is 9.08. The lowest BCUT2D eigenvalue weighted by Gasteiger charge is -2.07. The van der Waals surface area contributed by atoms with E-state index in [1.807, 2.05) is 22.4 Å². The molecular formula is C14H12BN3O2S2. The first-order chi connectivity index (χ1) is 10.4. The fourth-order valence-electron chi connectivity index (χ4n) is 2.31. The summed E-state index contributed by atoms with van der Waals surface area (Å²) in [5, 5.41) is 6.03. The SMILES string of the molecule is [B]c1ccnc2c1cc(-c1cccc(S(N)(=O)=O)c1)n2SC. The summed E-state index contributed by atoms with van der Waals surface area (Å²) in [5.41, 5.74) is 2.92. The van der Waals surface area contributed by atoms with Crippen LogP contribution in [0.3, 0.4) is 0 Å². The molecule has 5 nitrogen and oxygen atoms in total. The van der Waals surface area contributed by atoms with E-state index in [9.17, 15) is 8.42 Å². The zero-order valence-corrected chi connectivity index (χ0v) is 13.4. The molecule has 0 aliphatic heterocycles. The monoisotopic (exact) mass is 329 g/mol. The van der Waals surface area contributed by atoms with Crippen LogP contribution in [-0.4, -0.2) is 31.5 Å². The van der Waals surface area contributed by atoms with E-state index in [1.165, 1.54) is 18.0 Å². The second kappa shape index (κ2) is 5.46. The summed E-state index contributed by atoms with van der Waals surface area (Å²) < 4.78 is 25.0. The maximum atomic E-state index is 11.5. The molecule has 0 saturated heterocycles. The third-order valence-electron chi connectivity index (χ3n) is 3.34. The standard InChI is InChI=1S/C14H12BN3O2S2/c1-21-18-13(8-11-12(15)5-6-17-14(11)18)9-3-2-4-10(7-9)22(16,19)20/h2-8H,1H3,(H2,16,19,20). The highest BCUT2D eigenvalue weighted by atomic mass is 32.2. The van der Waals surface area contributed by atoms with Crippen LogP contribution in [0.25, 0.3) is 22.3 Å². The van der Waals surface area contributed by atoms with Crippen molar-refractivity contribution in [2.24, 2.45) is 5.14 Å². The van der Waals surface area contributed by atoms with Crippen molar-refractivity contribution in [1.82, 2.24) is 8.96 Å². The van der Waals surface area contributed by atoms with E-state index >= 15 is 0 Å². The normalized spacial score (nSPS) is 11.9. The van der Waals surface area contributed by atoms with Crippen LogP contribution in [0.2, 0.25) is 0 Å². The highest BCUT2D eigenvalue weighted by molar-refractivity contribution is 7.97. The molecule has 2 radical (unpaired) electrons. The van der Waals surface area contributed by atoms with Crippen LogP contribution in [0.1, 0.15) is 0 Å². The van der Waals surface area contributed by atoms with Gasteiger partial charge in [-0.15, -0.1) is 0 Å². The molecule has 0 atom stereocenters. The molecule has 8 heteroatoms. The number of rotatable bonds is 3. The van der Waals surface area contributed by atoms with Crippen molar-refractivity contribution in [2.75, 3.05) is 6.26 Å². The highest BCUT2D eigenvalue weighted by Gasteiger charge is 2.15. The largest absolute Gasteiger partial charge is 0.267 e. The maximum Gasteiger partial charge on any atom is 0.238 e. The molecule has 0 saturated carbocycles. The van der Waals surface area contributed by atoms with Gasteiger partial charge in [0.15, 0.2) is 0 Å². The van der Waals surface area contributed by atoms with Gasteiger partial charge in [0, 0.05) is 23.4 Å². The second-order valence-electron chi connectivity index (χ2n) is 4.72. The Kier molecular flexibility index (Phi) is 3.76. The molecule has 0 fully saturated rings. The zero-order valence-electron chi connectivity index (χ0n) is 11.7. The fourth-order valence-corrected chi connectivity index (χ4v) is 3.55. The maximum absolute atomic E-state index is 11.5. The summed E-state index contributed by atoms with van der Waals surface area (Å²) in [4.78, 5) is 4.42. The molecule has 0 amide bonds. The number of fused-ring (bicyclic) bond motifs is 1. The molecule has 22 heavy (non-hydrogen) atoms. The van der Waals surface area contributed by atoms with E-state index in [0.717, 1.165) is 22.3 Å². The third-order valence-corrected chi connectivity index (χ3v) is 4.98. The molecule has 3 rings (SSSR count). The number of pyridine rings is 1. The fraction of sp³-hybridized carbons (Fsp3) is 0.0714. The van der Waals surface area contributed by atoms with Crippen LogP contribution in [0.15, 0.2) is 47.5 Å². The van der Waals surface area contributed by atoms with E-state index in [-0.39, 0.29) is 4.90 Å². The Hall–Kier alpha value is -1.77. The van der Waals surface area contributed by atoms with Gasteiger partial charge in [0.05, 0.1) is 10.6 Å². The summed E-state index contributed by atoms with van der Waals surface area (Å²) in [7, 11) is 2.24. The van der Waals surface area contributed by atoms with E-state index in [4.69, 9.17) is 13.0 Å². The van der Waals surface area contributed by atoms with Gasteiger partial charge in [0.1, 0.15) is 13.5 Å². The van der Waals surface area contributed by atoms with E-state index in [2.05, 4.69) is 4.98 Å². The smallest absolute Gasteiger partial charge is 0.238 e. The van der Waals surface area contributed by atoms with Crippen molar-refractivity contribution in [1.29, 1.82) is 0 Å². The minimum absolute atomic E-state index is 0.0730. The van der Waals surface area contributed by atoms with Gasteiger partial charge < -0.3 is 0 Å². The first-order valence-electron chi connectivity index (χ1n) is 6.35. The minimum atomic E-state index is -3.75. The van der Waals surface area contributed by atoms with Crippen molar-refractivity contribution >= 4 is 46.3 Å². The van der Waals surface area contributed by atoms with E-state index in [1.54, 1.807) is 24.4 Å². The number of nitrogens with two attached hydrogens (primary N) is 1. The van der Waals surface area contributed by atoms with Crippen LogP contribution in [-0.2, 0) is 10.0 Å². The average molecular weight is 329 g/mol. The molecule has 0 unspecified atom stereocenters. The van der Waals surface area contributed by atoms with Gasteiger partial charge in [-0.1, -0.05) is 23.7 Å². The molecular weight excluding hydrogens is 317 g/mol. The summed E-state index contributed by atoms with van der Waals surface area (Å²) in [6, 6.07) is 10.1. The summed E-state index contributed by atoms with van der Waals surface area (Å²) in [6.45, 7) is 0. The minimum Gasteiger partial charge on any atom is -0.267 e. The Bertz CT molecular complexity index is 967. The highest BCUT2D eigenvalue weighted by Crippen LogP contribution is 2.30. The van der Waals surface area contributed by atoms with Gasteiger partial charge in [-0.05, 0) is 30.1 Å². The third kappa shape index (κ3) is 2.53. The van der Waals surface area contributed by atoms with Gasteiger partial charge in [-0.2, -0.15) is 0 Å². The number of benzene rings is 1. The molecule has 2 N–H and O–H groups in total. The Morgan fingerprint density at radius 1 is 1.27 bits per heavy atom. The first kappa shape index (κ1) is 15.1. The average Bonchev–Trinajstić information content (AvgIpc) is 2.86. The van der Waals surface area contributed by atoms with Crippen molar-refractivity contribution in [3.05, 3.63) is 42.6 Å². The topological polar surface area (TPSA) is 78.0 Å². The molecule has 3 aromatic rings. The number of hydrogen-bond acceptors (Lipinski definition) is 4. The van der Waals surface area contributed by atoms with Gasteiger partial charge in [0.2, 0.25) is 10.0 Å². The number of hydrogen-bond donors (Lipinski definition) is 1. The summed E-state index contributed by atoms with van der Waals surface area (Å²) in [6.07, 6.45) is 3.56. The molecule has 0 aliphatic carbocycles.